The first kappa shape index (κ1) is 23.3. The SMILES string of the molecule is CCN(CC1CCN(CC(O)N2CCCCC2)CC1)C(=O)c1cccn2c(Cl)c(N)nc12. The van der Waals surface area contributed by atoms with Gasteiger partial charge in [0.25, 0.3) is 5.91 Å². The Morgan fingerprint density at radius 2 is 2.00 bits per heavy atom. The number of imidazole rings is 1. The minimum absolute atomic E-state index is 0.0392. The van der Waals surface area contributed by atoms with Gasteiger partial charge in [-0.25, -0.2) is 4.98 Å². The minimum atomic E-state index is -0.366. The highest BCUT2D eigenvalue weighted by Crippen LogP contribution is 2.25. The summed E-state index contributed by atoms with van der Waals surface area (Å²) in [4.78, 5) is 24.1. The number of hydrogen-bond donors (Lipinski definition) is 2. The van der Waals surface area contributed by atoms with Crippen molar-refractivity contribution >= 4 is 29.0 Å². The van der Waals surface area contributed by atoms with Gasteiger partial charge in [0.15, 0.2) is 16.6 Å². The Kier molecular flexibility index (Phi) is 7.55. The van der Waals surface area contributed by atoms with E-state index in [-0.39, 0.29) is 18.0 Å². The van der Waals surface area contributed by atoms with Crippen molar-refractivity contribution in [3.63, 3.8) is 0 Å². The number of carbonyl (C=O) groups is 1. The van der Waals surface area contributed by atoms with E-state index < -0.39 is 0 Å². The van der Waals surface area contributed by atoms with Crippen LogP contribution in [0.5, 0.6) is 0 Å². The second-order valence-electron chi connectivity index (χ2n) is 9.07. The first-order chi connectivity index (χ1) is 15.5. The molecule has 3 N–H and O–H groups in total. The fourth-order valence-electron chi connectivity index (χ4n) is 4.98. The molecule has 4 rings (SSSR count). The smallest absolute Gasteiger partial charge is 0.257 e. The van der Waals surface area contributed by atoms with E-state index in [9.17, 15) is 9.90 Å². The number of aliphatic hydroxyl groups is 1. The van der Waals surface area contributed by atoms with Crippen LogP contribution in [0.4, 0.5) is 5.82 Å². The van der Waals surface area contributed by atoms with Gasteiger partial charge in [0.2, 0.25) is 0 Å². The summed E-state index contributed by atoms with van der Waals surface area (Å²) in [5, 5.41) is 10.9. The molecule has 0 bridgehead atoms. The number of rotatable bonds is 7. The highest BCUT2D eigenvalue weighted by atomic mass is 35.5. The van der Waals surface area contributed by atoms with Crippen molar-refractivity contribution in [2.24, 2.45) is 5.92 Å². The molecule has 0 aromatic carbocycles. The van der Waals surface area contributed by atoms with Crippen molar-refractivity contribution in [1.82, 2.24) is 24.1 Å². The lowest BCUT2D eigenvalue weighted by molar-refractivity contribution is -0.0359. The van der Waals surface area contributed by atoms with E-state index in [0.29, 0.717) is 35.4 Å². The zero-order chi connectivity index (χ0) is 22.7. The molecular weight excluding hydrogens is 428 g/mol. The maximum absolute atomic E-state index is 13.3. The van der Waals surface area contributed by atoms with Crippen LogP contribution in [0.1, 0.15) is 49.4 Å². The Hall–Kier alpha value is -1.87. The van der Waals surface area contributed by atoms with Crippen LogP contribution in [-0.2, 0) is 0 Å². The lowest BCUT2D eigenvalue weighted by atomic mass is 9.95. The van der Waals surface area contributed by atoms with Crippen LogP contribution >= 0.6 is 11.6 Å². The monoisotopic (exact) mass is 462 g/mol. The van der Waals surface area contributed by atoms with E-state index in [1.807, 2.05) is 11.8 Å². The number of nitrogens with two attached hydrogens (primary N) is 1. The van der Waals surface area contributed by atoms with E-state index in [1.54, 1.807) is 22.7 Å². The van der Waals surface area contributed by atoms with E-state index in [2.05, 4.69) is 14.8 Å². The fraction of sp³-hybridized carbons (Fsp3) is 0.652. The third-order valence-electron chi connectivity index (χ3n) is 6.94. The van der Waals surface area contributed by atoms with Crippen LogP contribution in [0, 0.1) is 5.92 Å². The second-order valence-corrected chi connectivity index (χ2v) is 9.43. The molecule has 0 aliphatic carbocycles. The molecule has 1 amide bonds. The number of pyridine rings is 1. The molecule has 4 heterocycles. The lowest BCUT2D eigenvalue weighted by Gasteiger charge is -2.38. The average Bonchev–Trinajstić information content (AvgIpc) is 3.12. The first-order valence-electron chi connectivity index (χ1n) is 11.8. The van der Waals surface area contributed by atoms with E-state index >= 15 is 0 Å². The van der Waals surface area contributed by atoms with E-state index in [1.165, 1.54) is 19.3 Å². The summed E-state index contributed by atoms with van der Waals surface area (Å²) in [6.45, 7) is 8.02. The minimum Gasteiger partial charge on any atom is -0.381 e. The van der Waals surface area contributed by atoms with Gasteiger partial charge < -0.3 is 15.7 Å². The topological polar surface area (TPSA) is 90.3 Å². The van der Waals surface area contributed by atoms with Crippen molar-refractivity contribution in [3.05, 3.63) is 29.0 Å². The van der Waals surface area contributed by atoms with Gasteiger partial charge in [0.05, 0.1) is 5.56 Å². The number of halogens is 1. The number of hydrogen-bond acceptors (Lipinski definition) is 6. The van der Waals surface area contributed by atoms with Crippen LogP contribution in [0.3, 0.4) is 0 Å². The summed E-state index contributed by atoms with van der Waals surface area (Å²) in [6, 6.07) is 3.58. The molecule has 32 heavy (non-hydrogen) atoms. The molecule has 2 fully saturated rings. The number of aliphatic hydroxyl groups excluding tert-OH is 1. The zero-order valence-electron chi connectivity index (χ0n) is 18.9. The molecule has 0 saturated carbocycles. The Morgan fingerprint density at radius 1 is 1.28 bits per heavy atom. The summed E-state index contributed by atoms with van der Waals surface area (Å²) in [5.41, 5.74) is 6.88. The van der Waals surface area contributed by atoms with Crippen LogP contribution in [-0.4, -0.2) is 87.1 Å². The van der Waals surface area contributed by atoms with Crippen LogP contribution in [0.2, 0.25) is 5.15 Å². The predicted molar refractivity (Wildman–Crippen MR) is 127 cm³/mol. The van der Waals surface area contributed by atoms with Gasteiger partial charge in [-0.1, -0.05) is 18.0 Å². The number of aromatic nitrogens is 2. The van der Waals surface area contributed by atoms with Crippen LogP contribution < -0.4 is 5.73 Å². The highest BCUT2D eigenvalue weighted by molar-refractivity contribution is 6.32. The summed E-state index contributed by atoms with van der Waals surface area (Å²) in [5.74, 6) is 0.646. The molecule has 2 saturated heterocycles. The Labute approximate surface area is 194 Å². The third kappa shape index (κ3) is 5.03. The number of nitrogen functional groups attached to an aromatic ring is 1. The number of anilines is 1. The van der Waals surface area contributed by atoms with Crippen molar-refractivity contribution in [2.45, 2.75) is 45.3 Å². The van der Waals surface area contributed by atoms with E-state index in [0.717, 1.165) is 45.6 Å². The molecule has 9 heteroatoms. The fourth-order valence-corrected chi connectivity index (χ4v) is 5.15. The van der Waals surface area contributed by atoms with Crippen molar-refractivity contribution < 1.29 is 9.90 Å². The number of nitrogens with zero attached hydrogens (tertiary/aromatic N) is 5. The molecule has 0 radical (unpaired) electrons. The van der Waals surface area contributed by atoms with E-state index in [4.69, 9.17) is 17.3 Å². The van der Waals surface area contributed by atoms with Crippen molar-refractivity contribution in [2.75, 3.05) is 51.5 Å². The summed E-state index contributed by atoms with van der Waals surface area (Å²) >= 11 is 6.21. The molecule has 2 aliphatic rings. The van der Waals surface area contributed by atoms with Crippen LogP contribution in [0.25, 0.3) is 5.65 Å². The normalized spacial score (nSPS) is 20.0. The van der Waals surface area contributed by atoms with Gasteiger partial charge in [0.1, 0.15) is 6.23 Å². The quantitative estimate of drug-likeness (QED) is 0.657. The average molecular weight is 463 g/mol. The van der Waals surface area contributed by atoms with Gasteiger partial charge in [-0.3, -0.25) is 19.0 Å². The van der Waals surface area contributed by atoms with Crippen LogP contribution in [0.15, 0.2) is 18.3 Å². The summed E-state index contributed by atoms with van der Waals surface area (Å²) in [7, 11) is 0. The Morgan fingerprint density at radius 3 is 2.69 bits per heavy atom. The maximum Gasteiger partial charge on any atom is 0.257 e. The Balaban J connectivity index is 1.33. The maximum atomic E-state index is 13.3. The molecule has 2 aromatic heterocycles. The van der Waals surface area contributed by atoms with Crippen molar-refractivity contribution in [1.29, 1.82) is 0 Å². The molecule has 1 atom stereocenters. The van der Waals surface area contributed by atoms with Gasteiger partial charge in [-0.2, -0.15) is 0 Å². The number of amides is 1. The standard InChI is InChI=1S/C23H35ClN6O2/c1-2-28(23(32)18-7-6-12-30-20(24)21(25)26-22(18)30)15-17-8-13-27(14-9-17)16-19(31)29-10-4-3-5-11-29/h6-7,12,17,19,31H,2-5,8-11,13-16,25H2,1H3. The first-order valence-corrected chi connectivity index (χ1v) is 12.2. The number of likely N-dealkylation sites (tertiary alicyclic amines) is 2. The molecule has 2 aromatic rings. The number of piperidine rings is 2. The highest BCUT2D eigenvalue weighted by Gasteiger charge is 2.27. The number of carbonyl (C=O) groups excluding carboxylic acids is 1. The zero-order valence-corrected chi connectivity index (χ0v) is 19.7. The number of β-amino-alcohol motifs (C(OH)–C–C–N with tert-alkyl or cyclic N) is 1. The predicted octanol–water partition coefficient (Wildman–Crippen LogP) is 2.55. The molecule has 176 valence electrons. The van der Waals surface area contributed by atoms with Gasteiger partial charge >= 0.3 is 0 Å². The molecular formula is C23H35ClN6O2. The lowest BCUT2D eigenvalue weighted by Crippen LogP contribution is -2.48. The third-order valence-corrected chi connectivity index (χ3v) is 7.31. The van der Waals surface area contributed by atoms with Crippen molar-refractivity contribution in [3.8, 4) is 0 Å². The largest absolute Gasteiger partial charge is 0.381 e. The van der Waals surface area contributed by atoms with Gasteiger partial charge in [-0.15, -0.1) is 0 Å². The summed E-state index contributed by atoms with van der Waals surface area (Å²) < 4.78 is 1.66. The number of fused-ring (bicyclic) bond motifs is 1. The van der Waals surface area contributed by atoms with Gasteiger partial charge in [0, 0.05) is 38.9 Å². The van der Waals surface area contributed by atoms with Gasteiger partial charge in [-0.05, 0) is 63.7 Å². The Bertz CT molecular complexity index is 921. The second kappa shape index (κ2) is 10.4. The molecule has 0 spiro atoms. The summed E-state index contributed by atoms with van der Waals surface area (Å²) in [6.07, 6.45) is 7.11. The molecule has 8 nitrogen and oxygen atoms in total. The molecule has 2 aliphatic heterocycles. The molecule has 1 unspecified atom stereocenters.